The summed E-state index contributed by atoms with van der Waals surface area (Å²) in [6.07, 6.45) is 1.87. The topological polar surface area (TPSA) is 92.4 Å². The van der Waals surface area contributed by atoms with Crippen LogP contribution in [0.4, 0.5) is 0 Å². The molecule has 0 unspecified atom stereocenters. The lowest BCUT2D eigenvalue weighted by atomic mass is 10.3. The number of amides is 1. The first kappa shape index (κ1) is 11.2. The zero-order valence-electron chi connectivity index (χ0n) is 8.32. The highest BCUT2D eigenvalue weighted by Gasteiger charge is 2.10. The molecule has 0 saturated heterocycles. The smallest absolute Gasteiger partial charge is 0.307 e. The molecule has 1 aromatic rings. The van der Waals surface area contributed by atoms with Crippen LogP contribution in [0.3, 0.4) is 0 Å². The largest absolute Gasteiger partial charge is 0.481 e. The van der Waals surface area contributed by atoms with Crippen molar-refractivity contribution >= 4 is 11.9 Å². The number of carboxylic acids is 1. The number of nitrogens with one attached hydrogen (secondary N) is 1. The minimum Gasteiger partial charge on any atom is -0.481 e. The first-order chi connectivity index (χ1) is 7.09. The zero-order chi connectivity index (χ0) is 11.3. The van der Waals surface area contributed by atoms with E-state index in [-0.39, 0.29) is 12.3 Å². The van der Waals surface area contributed by atoms with Crippen molar-refractivity contribution in [2.75, 3.05) is 6.54 Å². The number of aliphatic carboxylic acids is 1. The Morgan fingerprint density at radius 2 is 2.33 bits per heavy atom. The van der Waals surface area contributed by atoms with Gasteiger partial charge in [0.25, 0.3) is 5.89 Å². The number of aromatic nitrogens is 1. The van der Waals surface area contributed by atoms with Crippen molar-refractivity contribution in [3.63, 3.8) is 0 Å². The van der Waals surface area contributed by atoms with Gasteiger partial charge in [-0.3, -0.25) is 9.59 Å². The van der Waals surface area contributed by atoms with Crippen molar-refractivity contribution in [3.05, 3.63) is 17.8 Å². The van der Waals surface area contributed by atoms with E-state index in [1.54, 1.807) is 6.92 Å². The Labute approximate surface area is 86.3 Å². The van der Waals surface area contributed by atoms with Crippen LogP contribution in [0.2, 0.25) is 0 Å². The average molecular weight is 212 g/mol. The molecular weight excluding hydrogens is 200 g/mol. The van der Waals surface area contributed by atoms with Crippen molar-refractivity contribution in [3.8, 4) is 0 Å². The van der Waals surface area contributed by atoms with Gasteiger partial charge in [-0.2, -0.15) is 0 Å². The van der Waals surface area contributed by atoms with Crippen molar-refractivity contribution in [2.45, 2.75) is 19.8 Å². The van der Waals surface area contributed by atoms with Gasteiger partial charge in [-0.15, -0.1) is 0 Å². The number of aryl methyl sites for hydroxylation is 1. The van der Waals surface area contributed by atoms with Gasteiger partial charge in [-0.25, -0.2) is 4.98 Å². The van der Waals surface area contributed by atoms with E-state index in [9.17, 15) is 9.59 Å². The lowest BCUT2D eigenvalue weighted by molar-refractivity contribution is -0.137. The highest BCUT2D eigenvalue weighted by atomic mass is 16.4. The van der Waals surface area contributed by atoms with Gasteiger partial charge in [0.2, 0.25) is 0 Å². The van der Waals surface area contributed by atoms with Crippen LogP contribution in [0.25, 0.3) is 0 Å². The molecule has 0 aliphatic rings. The van der Waals surface area contributed by atoms with Crippen LogP contribution in [0.5, 0.6) is 0 Å². The van der Waals surface area contributed by atoms with E-state index in [1.165, 1.54) is 6.20 Å². The maximum Gasteiger partial charge on any atom is 0.307 e. The number of nitrogens with zero attached hydrogens (tertiary/aromatic N) is 1. The Kier molecular flexibility index (Phi) is 3.84. The highest BCUT2D eigenvalue weighted by Crippen LogP contribution is 2.00. The molecule has 0 aromatic carbocycles. The van der Waals surface area contributed by atoms with E-state index in [4.69, 9.17) is 9.52 Å². The number of hydrogen-bond donors (Lipinski definition) is 2. The first-order valence-electron chi connectivity index (χ1n) is 4.52. The molecule has 0 radical (unpaired) electrons. The molecule has 1 aromatic heterocycles. The Morgan fingerprint density at radius 1 is 1.60 bits per heavy atom. The zero-order valence-corrected chi connectivity index (χ0v) is 8.32. The number of rotatable bonds is 5. The molecular formula is C9H12N2O4. The molecule has 0 aliphatic heterocycles. The molecule has 0 spiro atoms. The molecule has 15 heavy (non-hydrogen) atoms. The van der Waals surface area contributed by atoms with Crippen LogP contribution in [-0.2, 0) is 4.79 Å². The van der Waals surface area contributed by atoms with E-state index in [0.717, 1.165) is 0 Å². The summed E-state index contributed by atoms with van der Waals surface area (Å²) in [5, 5.41) is 10.9. The SMILES string of the molecule is Cc1cnc(C(=O)NCCCC(=O)O)o1. The summed E-state index contributed by atoms with van der Waals surface area (Å²) < 4.78 is 4.98. The summed E-state index contributed by atoms with van der Waals surface area (Å²) >= 11 is 0. The molecule has 1 amide bonds. The van der Waals surface area contributed by atoms with E-state index in [1.807, 2.05) is 0 Å². The molecule has 6 nitrogen and oxygen atoms in total. The van der Waals surface area contributed by atoms with Crippen LogP contribution in [0.15, 0.2) is 10.6 Å². The second kappa shape index (κ2) is 5.14. The highest BCUT2D eigenvalue weighted by molar-refractivity contribution is 5.89. The molecule has 82 valence electrons. The maximum absolute atomic E-state index is 11.3. The van der Waals surface area contributed by atoms with Gasteiger partial charge >= 0.3 is 11.9 Å². The first-order valence-corrected chi connectivity index (χ1v) is 4.52. The van der Waals surface area contributed by atoms with Gasteiger partial charge in [-0.05, 0) is 13.3 Å². The van der Waals surface area contributed by atoms with Gasteiger partial charge in [0.1, 0.15) is 5.76 Å². The molecule has 2 N–H and O–H groups in total. The molecule has 0 aliphatic carbocycles. The monoisotopic (exact) mass is 212 g/mol. The Bertz CT molecular complexity index is 359. The van der Waals surface area contributed by atoms with E-state index in [2.05, 4.69) is 10.3 Å². The quantitative estimate of drug-likeness (QED) is 0.696. The predicted molar refractivity (Wildman–Crippen MR) is 50.4 cm³/mol. The van der Waals surface area contributed by atoms with Crippen LogP contribution < -0.4 is 5.32 Å². The van der Waals surface area contributed by atoms with Crippen molar-refractivity contribution in [1.29, 1.82) is 0 Å². The summed E-state index contributed by atoms with van der Waals surface area (Å²) in [6, 6.07) is 0. The fraction of sp³-hybridized carbons (Fsp3) is 0.444. The summed E-state index contributed by atoms with van der Waals surface area (Å²) in [5.41, 5.74) is 0. The van der Waals surface area contributed by atoms with Gasteiger partial charge < -0.3 is 14.8 Å². The van der Waals surface area contributed by atoms with Gasteiger partial charge in [0.15, 0.2) is 0 Å². The van der Waals surface area contributed by atoms with E-state index >= 15 is 0 Å². The van der Waals surface area contributed by atoms with Crippen LogP contribution in [0, 0.1) is 6.92 Å². The maximum atomic E-state index is 11.3. The summed E-state index contributed by atoms with van der Waals surface area (Å²) in [6.45, 7) is 1.99. The molecule has 6 heteroatoms. The van der Waals surface area contributed by atoms with Gasteiger partial charge in [0, 0.05) is 13.0 Å². The number of carboxylic acid groups (broad SMARTS) is 1. The summed E-state index contributed by atoms with van der Waals surface area (Å²) in [5.74, 6) is -0.738. The molecule has 0 fully saturated rings. The minimum atomic E-state index is -0.879. The normalized spacial score (nSPS) is 9.93. The van der Waals surface area contributed by atoms with E-state index in [0.29, 0.717) is 18.7 Å². The second-order valence-electron chi connectivity index (χ2n) is 3.03. The fourth-order valence-electron chi connectivity index (χ4n) is 0.977. The summed E-state index contributed by atoms with van der Waals surface area (Å²) in [7, 11) is 0. The van der Waals surface area contributed by atoms with Crippen LogP contribution >= 0.6 is 0 Å². The Morgan fingerprint density at radius 3 is 2.87 bits per heavy atom. The molecule has 1 rings (SSSR count). The van der Waals surface area contributed by atoms with Crippen LogP contribution in [-0.4, -0.2) is 28.5 Å². The number of carbonyl (C=O) groups excluding carboxylic acids is 1. The second-order valence-corrected chi connectivity index (χ2v) is 3.03. The van der Waals surface area contributed by atoms with Gasteiger partial charge in [0.05, 0.1) is 6.20 Å². The van der Waals surface area contributed by atoms with Crippen molar-refractivity contribution in [2.24, 2.45) is 0 Å². The molecule has 1 heterocycles. The number of carbonyl (C=O) groups is 2. The third kappa shape index (κ3) is 3.80. The van der Waals surface area contributed by atoms with Crippen LogP contribution in [0.1, 0.15) is 29.3 Å². The molecule has 0 bridgehead atoms. The lowest BCUT2D eigenvalue weighted by Crippen LogP contribution is -2.25. The fourth-order valence-corrected chi connectivity index (χ4v) is 0.977. The van der Waals surface area contributed by atoms with E-state index < -0.39 is 11.9 Å². The lowest BCUT2D eigenvalue weighted by Gasteiger charge is -1.99. The summed E-state index contributed by atoms with van der Waals surface area (Å²) in [4.78, 5) is 25.2. The third-order valence-corrected chi connectivity index (χ3v) is 1.67. The minimum absolute atomic E-state index is 0.00262. The standard InChI is InChI=1S/C9H12N2O4/c1-6-5-11-9(15-6)8(14)10-4-2-3-7(12)13/h5H,2-4H2,1H3,(H,10,14)(H,12,13). The van der Waals surface area contributed by atoms with Gasteiger partial charge in [-0.1, -0.05) is 0 Å². The Balaban J connectivity index is 2.28. The Hall–Kier alpha value is -1.85. The number of oxazole rings is 1. The molecule has 0 atom stereocenters. The van der Waals surface area contributed by atoms with Crippen molar-refractivity contribution in [1.82, 2.24) is 10.3 Å². The molecule has 0 saturated carbocycles. The predicted octanol–water partition coefficient (Wildman–Crippen LogP) is 0.578. The van der Waals surface area contributed by atoms with Crippen molar-refractivity contribution < 1.29 is 19.1 Å². The number of hydrogen-bond acceptors (Lipinski definition) is 4. The average Bonchev–Trinajstić information content (AvgIpc) is 2.59. The third-order valence-electron chi connectivity index (χ3n) is 1.67.